The van der Waals surface area contributed by atoms with Gasteiger partial charge in [0.15, 0.2) is 0 Å². The maximum atomic E-state index is 11.8. The van der Waals surface area contributed by atoms with Crippen molar-refractivity contribution in [1.82, 2.24) is 5.32 Å². The van der Waals surface area contributed by atoms with E-state index in [0.29, 0.717) is 36.6 Å². The van der Waals surface area contributed by atoms with E-state index in [0.717, 1.165) is 0 Å². The second-order valence-corrected chi connectivity index (χ2v) is 3.68. The van der Waals surface area contributed by atoms with E-state index in [2.05, 4.69) is 5.32 Å². The standard InChI is InChI=1S/C13H18N2O4/c1-3-19-13(17)9-4-5-10(11(8-9)18-2)12(16)15-7-6-14/h4-5,8H,3,6-7,14H2,1-2H3,(H,15,16). The predicted octanol–water partition coefficient (Wildman–Crippen LogP) is 0.560. The van der Waals surface area contributed by atoms with Gasteiger partial charge in [0.1, 0.15) is 5.75 Å². The van der Waals surface area contributed by atoms with Crippen LogP contribution in [0.1, 0.15) is 27.6 Å². The highest BCUT2D eigenvalue weighted by atomic mass is 16.5. The molecule has 0 spiro atoms. The second-order valence-electron chi connectivity index (χ2n) is 3.68. The number of methoxy groups -OCH3 is 1. The summed E-state index contributed by atoms with van der Waals surface area (Å²) >= 11 is 0. The Hall–Kier alpha value is -2.08. The van der Waals surface area contributed by atoms with E-state index in [-0.39, 0.29) is 5.91 Å². The minimum Gasteiger partial charge on any atom is -0.496 e. The molecular weight excluding hydrogens is 248 g/mol. The van der Waals surface area contributed by atoms with Crippen LogP contribution < -0.4 is 15.8 Å². The van der Waals surface area contributed by atoms with Gasteiger partial charge in [-0.1, -0.05) is 0 Å². The molecule has 1 aromatic rings. The van der Waals surface area contributed by atoms with E-state index >= 15 is 0 Å². The molecule has 0 aliphatic rings. The van der Waals surface area contributed by atoms with E-state index in [1.54, 1.807) is 6.92 Å². The van der Waals surface area contributed by atoms with Crippen LogP contribution in [-0.2, 0) is 4.74 Å². The molecule has 0 atom stereocenters. The zero-order chi connectivity index (χ0) is 14.3. The largest absolute Gasteiger partial charge is 0.496 e. The van der Waals surface area contributed by atoms with Gasteiger partial charge in [-0.15, -0.1) is 0 Å². The molecule has 0 saturated heterocycles. The number of amides is 1. The van der Waals surface area contributed by atoms with Crippen LogP contribution in [0.2, 0.25) is 0 Å². The minimum absolute atomic E-state index is 0.292. The number of carbonyl (C=O) groups excluding carboxylic acids is 2. The zero-order valence-corrected chi connectivity index (χ0v) is 11.1. The van der Waals surface area contributed by atoms with Crippen LogP contribution in [0.3, 0.4) is 0 Å². The van der Waals surface area contributed by atoms with E-state index in [1.807, 2.05) is 0 Å². The third-order valence-electron chi connectivity index (χ3n) is 2.39. The van der Waals surface area contributed by atoms with Gasteiger partial charge in [0.2, 0.25) is 0 Å². The maximum Gasteiger partial charge on any atom is 0.338 e. The summed E-state index contributed by atoms with van der Waals surface area (Å²) in [7, 11) is 1.43. The summed E-state index contributed by atoms with van der Waals surface area (Å²) in [5.41, 5.74) is 6.01. The number of carbonyl (C=O) groups is 2. The van der Waals surface area contributed by atoms with Crippen LogP contribution in [0.4, 0.5) is 0 Å². The van der Waals surface area contributed by atoms with Gasteiger partial charge in [-0.3, -0.25) is 4.79 Å². The molecule has 0 aromatic heterocycles. The monoisotopic (exact) mass is 266 g/mol. The molecule has 0 heterocycles. The molecular formula is C13H18N2O4. The summed E-state index contributed by atoms with van der Waals surface area (Å²) in [6.45, 7) is 2.75. The van der Waals surface area contributed by atoms with Gasteiger partial charge in [-0.25, -0.2) is 4.79 Å². The number of esters is 1. The Balaban J connectivity index is 2.96. The summed E-state index contributed by atoms with van der Waals surface area (Å²) in [6.07, 6.45) is 0. The fraction of sp³-hybridized carbons (Fsp3) is 0.385. The topological polar surface area (TPSA) is 90.7 Å². The van der Waals surface area contributed by atoms with E-state index in [4.69, 9.17) is 15.2 Å². The van der Waals surface area contributed by atoms with Gasteiger partial charge >= 0.3 is 5.97 Å². The molecule has 6 heteroatoms. The summed E-state index contributed by atoms with van der Waals surface area (Å²) in [6, 6.07) is 4.53. The van der Waals surface area contributed by atoms with Crippen molar-refractivity contribution in [2.75, 3.05) is 26.8 Å². The molecule has 0 fully saturated rings. The molecule has 0 aliphatic carbocycles. The minimum atomic E-state index is -0.449. The highest BCUT2D eigenvalue weighted by Gasteiger charge is 2.15. The Labute approximate surface area is 111 Å². The third-order valence-corrected chi connectivity index (χ3v) is 2.39. The van der Waals surface area contributed by atoms with Crippen LogP contribution in [0.5, 0.6) is 5.75 Å². The number of hydrogen-bond acceptors (Lipinski definition) is 5. The molecule has 1 aromatic carbocycles. The van der Waals surface area contributed by atoms with Crippen LogP contribution in [-0.4, -0.2) is 38.7 Å². The molecule has 0 saturated carbocycles. The molecule has 0 unspecified atom stereocenters. The van der Waals surface area contributed by atoms with Crippen molar-refractivity contribution < 1.29 is 19.1 Å². The van der Waals surface area contributed by atoms with Crippen molar-refractivity contribution >= 4 is 11.9 Å². The van der Waals surface area contributed by atoms with Crippen molar-refractivity contribution in [1.29, 1.82) is 0 Å². The molecule has 19 heavy (non-hydrogen) atoms. The average Bonchev–Trinajstić information content (AvgIpc) is 2.44. The Morgan fingerprint density at radius 1 is 1.37 bits per heavy atom. The first kappa shape index (κ1) is 15.0. The Morgan fingerprint density at radius 3 is 2.68 bits per heavy atom. The maximum absolute atomic E-state index is 11.8. The molecule has 1 amide bonds. The molecule has 0 aliphatic heterocycles. The Morgan fingerprint density at radius 2 is 2.11 bits per heavy atom. The SMILES string of the molecule is CCOC(=O)c1ccc(C(=O)NCCN)c(OC)c1. The summed E-state index contributed by atoms with van der Waals surface area (Å²) in [4.78, 5) is 23.4. The van der Waals surface area contributed by atoms with Crippen LogP contribution in [0.25, 0.3) is 0 Å². The number of rotatable bonds is 6. The second kappa shape index (κ2) is 7.38. The Bertz CT molecular complexity index is 460. The first-order chi connectivity index (χ1) is 9.13. The molecule has 104 valence electrons. The first-order valence-electron chi connectivity index (χ1n) is 5.97. The lowest BCUT2D eigenvalue weighted by molar-refractivity contribution is 0.0525. The average molecular weight is 266 g/mol. The van der Waals surface area contributed by atoms with Crippen molar-refractivity contribution in [3.8, 4) is 5.75 Å². The van der Waals surface area contributed by atoms with Gasteiger partial charge in [0.25, 0.3) is 5.91 Å². The van der Waals surface area contributed by atoms with E-state index in [1.165, 1.54) is 25.3 Å². The van der Waals surface area contributed by atoms with E-state index in [9.17, 15) is 9.59 Å². The lowest BCUT2D eigenvalue weighted by Gasteiger charge is -2.10. The van der Waals surface area contributed by atoms with Gasteiger partial charge in [0.05, 0.1) is 24.8 Å². The molecule has 6 nitrogen and oxygen atoms in total. The number of ether oxygens (including phenoxy) is 2. The lowest BCUT2D eigenvalue weighted by atomic mass is 10.1. The highest BCUT2D eigenvalue weighted by molar-refractivity contribution is 5.99. The quantitative estimate of drug-likeness (QED) is 0.734. The van der Waals surface area contributed by atoms with Crippen LogP contribution in [0, 0.1) is 0 Å². The summed E-state index contributed by atoms with van der Waals surface area (Å²) in [5, 5.41) is 2.64. The lowest BCUT2D eigenvalue weighted by Crippen LogP contribution is -2.29. The number of nitrogens with one attached hydrogen (secondary N) is 1. The smallest absolute Gasteiger partial charge is 0.338 e. The van der Waals surface area contributed by atoms with Gasteiger partial charge < -0.3 is 20.5 Å². The highest BCUT2D eigenvalue weighted by Crippen LogP contribution is 2.20. The fourth-order valence-electron chi connectivity index (χ4n) is 1.50. The van der Waals surface area contributed by atoms with Crippen molar-refractivity contribution in [3.05, 3.63) is 29.3 Å². The molecule has 0 radical (unpaired) electrons. The molecule has 1 rings (SSSR count). The van der Waals surface area contributed by atoms with Crippen LogP contribution in [0.15, 0.2) is 18.2 Å². The normalized spacial score (nSPS) is 9.84. The van der Waals surface area contributed by atoms with Gasteiger partial charge in [-0.05, 0) is 25.1 Å². The molecule has 0 bridgehead atoms. The fourth-order valence-corrected chi connectivity index (χ4v) is 1.50. The van der Waals surface area contributed by atoms with Crippen molar-refractivity contribution in [3.63, 3.8) is 0 Å². The zero-order valence-electron chi connectivity index (χ0n) is 11.1. The first-order valence-corrected chi connectivity index (χ1v) is 5.97. The molecule has 3 N–H and O–H groups in total. The Kier molecular flexibility index (Phi) is 5.81. The van der Waals surface area contributed by atoms with Gasteiger partial charge in [0, 0.05) is 13.1 Å². The third kappa shape index (κ3) is 3.96. The van der Waals surface area contributed by atoms with Gasteiger partial charge in [-0.2, -0.15) is 0 Å². The number of hydrogen-bond donors (Lipinski definition) is 2. The van der Waals surface area contributed by atoms with E-state index < -0.39 is 5.97 Å². The summed E-state index contributed by atoms with van der Waals surface area (Å²) < 4.78 is 10.00. The number of nitrogens with two attached hydrogens (primary N) is 1. The predicted molar refractivity (Wildman–Crippen MR) is 70.3 cm³/mol. The number of benzene rings is 1. The van der Waals surface area contributed by atoms with Crippen LogP contribution >= 0.6 is 0 Å². The van der Waals surface area contributed by atoms with Crippen molar-refractivity contribution in [2.45, 2.75) is 6.92 Å². The summed E-state index contributed by atoms with van der Waals surface area (Å²) in [5.74, 6) is -0.424. The van der Waals surface area contributed by atoms with Crippen molar-refractivity contribution in [2.24, 2.45) is 5.73 Å².